The molecule has 0 aliphatic heterocycles. The van der Waals surface area contributed by atoms with Gasteiger partial charge in [0.2, 0.25) is 0 Å². The van der Waals surface area contributed by atoms with E-state index in [1.54, 1.807) is 0 Å². The Labute approximate surface area is 123 Å². The van der Waals surface area contributed by atoms with Crippen LogP contribution in [0, 0.1) is 0 Å². The standard InChI is InChI=1S/C15H20N2O4/c1-21-14(19)8-7-13(18)11-17-15(20)16-10-9-12-5-3-2-4-6-12/h2-6H,7-11H2,1H3,(H2,16,17,20). The molecule has 0 aliphatic carbocycles. The Morgan fingerprint density at radius 1 is 1.05 bits per heavy atom. The molecule has 6 heteroatoms. The van der Waals surface area contributed by atoms with E-state index in [9.17, 15) is 14.4 Å². The highest BCUT2D eigenvalue weighted by Crippen LogP contribution is 1.98. The summed E-state index contributed by atoms with van der Waals surface area (Å²) in [5.74, 6) is -0.644. The van der Waals surface area contributed by atoms with E-state index in [0.717, 1.165) is 12.0 Å². The molecule has 1 rings (SSSR count). The summed E-state index contributed by atoms with van der Waals surface area (Å²) in [5, 5.41) is 5.13. The molecule has 0 aliphatic rings. The molecule has 0 radical (unpaired) electrons. The highest BCUT2D eigenvalue weighted by atomic mass is 16.5. The number of carbonyl (C=O) groups excluding carboxylic acids is 3. The van der Waals surface area contributed by atoms with E-state index >= 15 is 0 Å². The van der Waals surface area contributed by atoms with E-state index < -0.39 is 12.0 Å². The van der Waals surface area contributed by atoms with Crippen LogP contribution in [0.15, 0.2) is 30.3 Å². The first-order valence-corrected chi connectivity index (χ1v) is 6.76. The first-order chi connectivity index (χ1) is 10.1. The van der Waals surface area contributed by atoms with Gasteiger partial charge in [0.1, 0.15) is 0 Å². The van der Waals surface area contributed by atoms with Crippen LogP contribution in [0.5, 0.6) is 0 Å². The zero-order chi connectivity index (χ0) is 15.5. The molecule has 2 N–H and O–H groups in total. The lowest BCUT2D eigenvalue weighted by Crippen LogP contribution is -2.39. The zero-order valence-electron chi connectivity index (χ0n) is 12.1. The lowest BCUT2D eigenvalue weighted by Gasteiger charge is -2.07. The van der Waals surface area contributed by atoms with Crippen LogP contribution in [0.1, 0.15) is 18.4 Å². The SMILES string of the molecule is COC(=O)CCC(=O)CNC(=O)NCCc1ccccc1. The number of hydrogen-bond acceptors (Lipinski definition) is 4. The molecular weight excluding hydrogens is 272 g/mol. The van der Waals surface area contributed by atoms with E-state index in [0.29, 0.717) is 6.54 Å². The maximum absolute atomic E-state index is 11.5. The van der Waals surface area contributed by atoms with Crippen LogP contribution in [0.3, 0.4) is 0 Å². The predicted molar refractivity (Wildman–Crippen MR) is 77.8 cm³/mol. The summed E-state index contributed by atoms with van der Waals surface area (Å²) in [6.07, 6.45) is 0.828. The van der Waals surface area contributed by atoms with Crippen molar-refractivity contribution >= 4 is 17.8 Å². The van der Waals surface area contributed by atoms with Crippen molar-refractivity contribution < 1.29 is 19.1 Å². The normalized spacial score (nSPS) is 9.76. The van der Waals surface area contributed by atoms with Crippen LogP contribution in [0.25, 0.3) is 0 Å². The first kappa shape index (κ1) is 16.7. The van der Waals surface area contributed by atoms with Gasteiger partial charge in [-0.2, -0.15) is 0 Å². The molecule has 0 spiro atoms. The number of carbonyl (C=O) groups is 3. The number of rotatable bonds is 8. The molecule has 1 aromatic rings. The Hall–Kier alpha value is -2.37. The molecule has 0 bridgehead atoms. The largest absolute Gasteiger partial charge is 0.469 e. The fourth-order valence-electron chi connectivity index (χ4n) is 1.64. The number of urea groups is 1. The molecule has 1 aromatic carbocycles. The van der Waals surface area contributed by atoms with Gasteiger partial charge in [-0.1, -0.05) is 30.3 Å². The topological polar surface area (TPSA) is 84.5 Å². The Kier molecular flexibility index (Phi) is 7.56. The second kappa shape index (κ2) is 9.52. The lowest BCUT2D eigenvalue weighted by molar-refractivity contribution is -0.141. The second-order valence-corrected chi connectivity index (χ2v) is 4.46. The van der Waals surface area contributed by atoms with Crippen LogP contribution < -0.4 is 10.6 Å². The monoisotopic (exact) mass is 292 g/mol. The molecule has 6 nitrogen and oxygen atoms in total. The van der Waals surface area contributed by atoms with Gasteiger partial charge in [0.15, 0.2) is 5.78 Å². The molecule has 0 aromatic heterocycles. The highest BCUT2D eigenvalue weighted by Gasteiger charge is 2.08. The van der Waals surface area contributed by atoms with Gasteiger partial charge in [-0.05, 0) is 12.0 Å². The average molecular weight is 292 g/mol. The van der Waals surface area contributed by atoms with Crippen molar-refractivity contribution in [3.05, 3.63) is 35.9 Å². The minimum absolute atomic E-state index is 0.0344. The van der Waals surface area contributed by atoms with Gasteiger partial charge in [-0.3, -0.25) is 9.59 Å². The fraction of sp³-hybridized carbons (Fsp3) is 0.400. The number of methoxy groups -OCH3 is 1. The van der Waals surface area contributed by atoms with Crippen LogP contribution in [-0.2, 0) is 20.7 Å². The number of Topliss-reactive ketones (excluding diaryl/α,β-unsaturated/α-hetero) is 1. The summed E-state index contributed by atoms with van der Waals surface area (Å²) in [4.78, 5) is 33.7. The van der Waals surface area contributed by atoms with E-state index in [1.807, 2.05) is 30.3 Å². The maximum Gasteiger partial charge on any atom is 0.315 e. The van der Waals surface area contributed by atoms with Crippen molar-refractivity contribution in [2.24, 2.45) is 0 Å². The molecule has 114 valence electrons. The molecule has 0 atom stereocenters. The number of ether oxygens (including phenoxy) is 1. The van der Waals surface area contributed by atoms with Gasteiger partial charge in [0, 0.05) is 13.0 Å². The van der Waals surface area contributed by atoms with E-state index in [1.165, 1.54) is 7.11 Å². The number of ketones is 1. The van der Waals surface area contributed by atoms with E-state index in [2.05, 4.69) is 15.4 Å². The van der Waals surface area contributed by atoms with Crippen molar-refractivity contribution in [1.82, 2.24) is 10.6 Å². The quantitative estimate of drug-likeness (QED) is 0.701. The smallest absolute Gasteiger partial charge is 0.315 e. The van der Waals surface area contributed by atoms with E-state index in [4.69, 9.17) is 0 Å². The Bertz CT molecular complexity index is 474. The fourth-order valence-corrected chi connectivity index (χ4v) is 1.64. The summed E-state index contributed by atoms with van der Waals surface area (Å²) < 4.78 is 4.43. The van der Waals surface area contributed by atoms with Gasteiger partial charge >= 0.3 is 12.0 Å². The van der Waals surface area contributed by atoms with Crippen LogP contribution >= 0.6 is 0 Å². The summed E-state index contributed by atoms with van der Waals surface area (Å²) in [6, 6.07) is 9.39. The van der Waals surface area contributed by atoms with Crippen molar-refractivity contribution in [2.45, 2.75) is 19.3 Å². The molecular formula is C15H20N2O4. The third-order valence-electron chi connectivity index (χ3n) is 2.82. The third-order valence-corrected chi connectivity index (χ3v) is 2.82. The van der Waals surface area contributed by atoms with Crippen LogP contribution in [0.4, 0.5) is 4.79 Å². The summed E-state index contributed by atoms with van der Waals surface area (Å²) in [5.41, 5.74) is 1.13. The van der Waals surface area contributed by atoms with Gasteiger partial charge in [-0.15, -0.1) is 0 Å². The van der Waals surface area contributed by atoms with Crippen LogP contribution in [-0.4, -0.2) is 38.0 Å². The zero-order valence-corrected chi connectivity index (χ0v) is 12.1. The van der Waals surface area contributed by atoms with Crippen molar-refractivity contribution in [2.75, 3.05) is 20.2 Å². The molecule has 2 amide bonds. The van der Waals surface area contributed by atoms with Gasteiger partial charge in [0.05, 0.1) is 20.1 Å². The Balaban J connectivity index is 2.11. The summed E-state index contributed by atoms with van der Waals surface area (Å²) in [6.45, 7) is 0.403. The molecule has 0 fully saturated rings. The summed E-state index contributed by atoms with van der Waals surface area (Å²) in [7, 11) is 1.27. The van der Waals surface area contributed by atoms with Gasteiger partial charge in [-0.25, -0.2) is 4.79 Å². The average Bonchev–Trinajstić information content (AvgIpc) is 2.51. The lowest BCUT2D eigenvalue weighted by atomic mass is 10.1. The van der Waals surface area contributed by atoms with Crippen molar-refractivity contribution in [3.8, 4) is 0 Å². The number of amides is 2. The molecule has 0 unspecified atom stereocenters. The second-order valence-electron chi connectivity index (χ2n) is 4.46. The van der Waals surface area contributed by atoms with Crippen molar-refractivity contribution in [1.29, 1.82) is 0 Å². The predicted octanol–water partition coefficient (Wildman–Crippen LogP) is 1.05. The van der Waals surface area contributed by atoms with E-state index in [-0.39, 0.29) is 25.2 Å². The molecule has 0 saturated heterocycles. The Morgan fingerprint density at radius 2 is 1.76 bits per heavy atom. The minimum atomic E-state index is -0.435. The van der Waals surface area contributed by atoms with Crippen LogP contribution in [0.2, 0.25) is 0 Å². The third kappa shape index (κ3) is 7.71. The Morgan fingerprint density at radius 3 is 2.43 bits per heavy atom. The number of esters is 1. The van der Waals surface area contributed by atoms with Gasteiger partial charge in [0.25, 0.3) is 0 Å². The maximum atomic E-state index is 11.5. The minimum Gasteiger partial charge on any atom is -0.469 e. The highest BCUT2D eigenvalue weighted by molar-refractivity contribution is 5.87. The van der Waals surface area contributed by atoms with Gasteiger partial charge < -0.3 is 15.4 Å². The molecule has 21 heavy (non-hydrogen) atoms. The van der Waals surface area contributed by atoms with Crippen molar-refractivity contribution in [3.63, 3.8) is 0 Å². The summed E-state index contributed by atoms with van der Waals surface area (Å²) >= 11 is 0. The molecule has 0 saturated carbocycles. The number of nitrogens with one attached hydrogen (secondary N) is 2. The molecule has 0 heterocycles. The first-order valence-electron chi connectivity index (χ1n) is 6.76. The number of benzene rings is 1. The number of hydrogen-bond donors (Lipinski definition) is 2.